The van der Waals surface area contributed by atoms with Gasteiger partial charge in [-0.15, -0.1) is 0 Å². The van der Waals surface area contributed by atoms with E-state index in [2.05, 4.69) is 5.16 Å². The summed E-state index contributed by atoms with van der Waals surface area (Å²) < 4.78 is 0. The molecule has 98 valence electrons. The van der Waals surface area contributed by atoms with Gasteiger partial charge < -0.3 is 20.7 Å². The van der Waals surface area contributed by atoms with Gasteiger partial charge in [-0.25, -0.2) is 0 Å². The summed E-state index contributed by atoms with van der Waals surface area (Å²) in [5, 5.41) is 11.3. The minimum atomic E-state index is -0.174. The number of nitrogens with two attached hydrogens (primary N) is 1. The van der Waals surface area contributed by atoms with Crippen LogP contribution >= 0.6 is 0 Å². The van der Waals surface area contributed by atoms with Crippen molar-refractivity contribution in [2.75, 3.05) is 32.6 Å². The van der Waals surface area contributed by atoms with E-state index in [1.807, 2.05) is 31.1 Å². The zero-order valence-corrected chi connectivity index (χ0v) is 10.8. The molecule has 0 aliphatic rings. The van der Waals surface area contributed by atoms with Gasteiger partial charge in [-0.3, -0.25) is 4.79 Å². The minimum Gasteiger partial charge on any atom is -0.409 e. The Labute approximate surface area is 106 Å². The minimum absolute atomic E-state index is 0.00392. The monoisotopic (exact) mass is 250 g/mol. The summed E-state index contributed by atoms with van der Waals surface area (Å²) in [5.41, 5.74) is 6.94. The van der Waals surface area contributed by atoms with Crippen molar-refractivity contribution in [3.05, 3.63) is 29.8 Å². The van der Waals surface area contributed by atoms with Crippen molar-refractivity contribution in [1.82, 2.24) is 4.90 Å². The van der Waals surface area contributed by atoms with Crippen molar-refractivity contribution in [2.45, 2.75) is 0 Å². The van der Waals surface area contributed by atoms with Crippen LogP contribution in [-0.2, 0) is 0 Å². The first-order valence-electron chi connectivity index (χ1n) is 5.45. The molecule has 1 rings (SSSR count). The van der Waals surface area contributed by atoms with Crippen molar-refractivity contribution in [3.63, 3.8) is 0 Å². The van der Waals surface area contributed by atoms with Gasteiger partial charge in [0.15, 0.2) is 5.84 Å². The van der Waals surface area contributed by atoms with E-state index in [0.29, 0.717) is 5.56 Å². The predicted molar refractivity (Wildman–Crippen MR) is 71.1 cm³/mol. The Morgan fingerprint density at radius 1 is 1.28 bits per heavy atom. The van der Waals surface area contributed by atoms with Crippen LogP contribution in [0.3, 0.4) is 0 Å². The van der Waals surface area contributed by atoms with Crippen LogP contribution in [0.25, 0.3) is 0 Å². The first-order chi connectivity index (χ1) is 8.45. The van der Waals surface area contributed by atoms with Crippen molar-refractivity contribution in [3.8, 4) is 0 Å². The number of anilines is 1. The lowest BCUT2D eigenvalue weighted by Crippen LogP contribution is -2.35. The van der Waals surface area contributed by atoms with Crippen LogP contribution in [0.2, 0.25) is 0 Å². The average molecular weight is 250 g/mol. The third-order valence-electron chi connectivity index (χ3n) is 2.50. The fraction of sp³-hybridized carbons (Fsp3) is 0.333. The average Bonchev–Trinajstić information content (AvgIpc) is 2.37. The highest BCUT2D eigenvalue weighted by atomic mass is 16.4. The van der Waals surface area contributed by atoms with Crippen LogP contribution < -0.4 is 10.6 Å². The Morgan fingerprint density at radius 3 is 2.28 bits per heavy atom. The van der Waals surface area contributed by atoms with E-state index in [4.69, 9.17) is 10.9 Å². The zero-order chi connectivity index (χ0) is 13.7. The summed E-state index contributed by atoms with van der Waals surface area (Å²) in [6.07, 6.45) is 0. The predicted octanol–water partition coefficient (Wildman–Crippen LogP) is 0.571. The van der Waals surface area contributed by atoms with Crippen LogP contribution in [-0.4, -0.2) is 49.5 Å². The highest BCUT2D eigenvalue weighted by Gasteiger charge is 2.12. The van der Waals surface area contributed by atoms with Crippen LogP contribution in [0.4, 0.5) is 5.69 Å². The molecule has 0 aliphatic heterocycles. The number of amides is 1. The largest absolute Gasteiger partial charge is 0.409 e. The van der Waals surface area contributed by atoms with Gasteiger partial charge in [0.1, 0.15) is 0 Å². The number of hydrogen-bond acceptors (Lipinski definition) is 4. The molecular formula is C12H18N4O2. The van der Waals surface area contributed by atoms with Crippen molar-refractivity contribution >= 4 is 17.4 Å². The summed E-state index contributed by atoms with van der Waals surface area (Å²) in [5.74, 6) is -0.178. The summed E-state index contributed by atoms with van der Waals surface area (Å²) in [6, 6.07) is 7.23. The molecule has 3 N–H and O–H groups in total. The molecule has 6 nitrogen and oxygen atoms in total. The number of hydrogen-bond donors (Lipinski definition) is 2. The Kier molecular flexibility index (Phi) is 4.53. The fourth-order valence-corrected chi connectivity index (χ4v) is 1.47. The summed E-state index contributed by atoms with van der Waals surface area (Å²) >= 11 is 0. The topological polar surface area (TPSA) is 82.2 Å². The second-order valence-corrected chi connectivity index (χ2v) is 4.19. The molecule has 0 saturated heterocycles. The molecule has 0 aliphatic carbocycles. The standard InChI is InChI=1S/C12H18N4O2/c1-15(2)10-6-4-9(5-7-10)12(17)16(3)8-11(13)14-18/h4-7,18H,8H2,1-3H3,(H2,13,14). The lowest BCUT2D eigenvalue weighted by Gasteiger charge is -2.17. The first-order valence-corrected chi connectivity index (χ1v) is 5.45. The number of carbonyl (C=O) groups is 1. The number of likely N-dealkylation sites (N-methyl/N-ethyl adjacent to an activating group) is 1. The molecule has 1 aromatic carbocycles. The highest BCUT2D eigenvalue weighted by molar-refractivity contribution is 5.97. The quantitative estimate of drug-likeness (QED) is 0.354. The number of amidine groups is 1. The Bertz CT molecular complexity index is 440. The smallest absolute Gasteiger partial charge is 0.254 e. The molecule has 0 spiro atoms. The van der Waals surface area contributed by atoms with E-state index in [-0.39, 0.29) is 18.3 Å². The maximum Gasteiger partial charge on any atom is 0.254 e. The molecular weight excluding hydrogens is 232 g/mol. The van der Waals surface area contributed by atoms with Crippen LogP contribution in [0.1, 0.15) is 10.4 Å². The molecule has 0 atom stereocenters. The van der Waals surface area contributed by atoms with E-state index < -0.39 is 0 Å². The molecule has 0 aromatic heterocycles. The molecule has 0 unspecified atom stereocenters. The summed E-state index contributed by atoms with van der Waals surface area (Å²) in [7, 11) is 5.46. The van der Waals surface area contributed by atoms with Gasteiger partial charge in [0, 0.05) is 32.4 Å². The number of carbonyl (C=O) groups excluding carboxylic acids is 1. The highest BCUT2D eigenvalue weighted by Crippen LogP contribution is 2.13. The maximum atomic E-state index is 12.0. The van der Waals surface area contributed by atoms with E-state index in [9.17, 15) is 4.79 Å². The normalized spacial score (nSPS) is 11.2. The van der Waals surface area contributed by atoms with Crippen LogP contribution in [0.5, 0.6) is 0 Å². The van der Waals surface area contributed by atoms with Crippen molar-refractivity contribution < 1.29 is 10.0 Å². The van der Waals surface area contributed by atoms with Gasteiger partial charge in [0.2, 0.25) is 0 Å². The first kappa shape index (κ1) is 13.8. The van der Waals surface area contributed by atoms with E-state index >= 15 is 0 Å². The van der Waals surface area contributed by atoms with Gasteiger partial charge in [0.05, 0.1) is 6.54 Å². The van der Waals surface area contributed by atoms with Gasteiger partial charge in [0.25, 0.3) is 5.91 Å². The van der Waals surface area contributed by atoms with Gasteiger partial charge >= 0.3 is 0 Å². The van der Waals surface area contributed by atoms with Crippen molar-refractivity contribution in [2.24, 2.45) is 10.9 Å². The fourth-order valence-electron chi connectivity index (χ4n) is 1.47. The molecule has 6 heteroatoms. The van der Waals surface area contributed by atoms with E-state index in [1.165, 1.54) is 4.90 Å². The van der Waals surface area contributed by atoms with Gasteiger partial charge in [-0.05, 0) is 24.3 Å². The van der Waals surface area contributed by atoms with Crippen LogP contribution in [0.15, 0.2) is 29.4 Å². The lowest BCUT2D eigenvalue weighted by atomic mass is 10.2. The summed E-state index contributed by atoms with van der Waals surface area (Å²) in [4.78, 5) is 15.3. The van der Waals surface area contributed by atoms with E-state index in [1.54, 1.807) is 19.2 Å². The lowest BCUT2D eigenvalue weighted by molar-refractivity contribution is 0.0813. The van der Waals surface area contributed by atoms with Crippen molar-refractivity contribution in [1.29, 1.82) is 0 Å². The Hall–Kier alpha value is -2.24. The SMILES string of the molecule is CN(CC(N)=NO)C(=O)c1ccc(N(C)C)cc1. The molecule has 18 heavy (non-hydrogen) atoms. The molecule has 1 aromatic rings. The third kappa shape index (κ3) is 3.38. The number of benzene rings is 1. The number of rotatable bonds is 4. The molecule has 0 fully saturated rings. The number of nitrogens with zero attached hydrogens (tertiary/aromatic N) is 3. The second-order valence-electron chi connectivity index (χ2n) is 4.19. The molecule has 0 heterocycles. The van der Waals surface area contributed by atoms with E-state index in [0.717, 1.165) is 5.69 Å². The second kappa shape index (κ2) is 5.90. The van der Waals surface area contributed by atoms with Crippen LogP contribution in [0, 0.1) is 0 Å². The maximum absolute atomic E-state index is 12.0. The van der Waals surface area contributed by atoms with Gasteiger partial charge in [-0.2, -0.15) is 0 Å². The Morgan fingerprint density at radius 2 is 1.83 bits per heavy atom. The molecule has 0 bridgehead atoms. The molecule has 0 radical (unpaired) electrons. The molecule has 0 saturated carbocycles. The zero-order valence-electron chi connectivity index (χ0n) is 10.8. The molecule has 1 amide bonds. The summed E-state index contributed by atoms with van der Waals surface area (Å²) in [6.45, 7) is 0.0881. The Balaban J connectivity index is 2.78. The van der Waals surface area contributed by atoms with Gasteiger partial charge in [-0.1, -0.05) is 5.16 Å². The number of oxime groups is 1. The third-order valence-corrected chi connectivity index (χ3v) is 2.50.